The van der Waals surface area contributed by atoms with Gasteiger partial charge in [0.15, 0.2) is 0 Å². The van der Waals surface area contributed by atoms with Crippen LogP contribution >= 0.6 is 34.8 Å². The summed E-state index contributed by atoms with van der Waals surface area (Å²) in [7, 11) is 0. The number of rotatable bonds is 3. The van der Waals surface area contributed by atoms with Crippen molar-refractivity contribution in [3.63, 3.8) is 0 Å². The zero-order valence-corrected chi connectivity index (χ0v) is 14.0. The van der Waals surface area contributed by atoms with Gasteiger partial charge in [-0.2, -0.15) is 5.10 Å². The van der Waals surface area contributed by atoms with Gasteiger partial charge < -0.3 is 9.52 Å². The van der Waals surface area contributed by atoms with Crippen LogP contribution in [0.3, 0.4) is 0 Å². The second kappa shape index (κ2) is 6.43. The molecule has 1 heterocycles. The Morgan fingerprint density at radius 3 is 2.57 bits per heavy atom. The first kappa shape index (κ1) is 16.2. The molecule has 0 spiro atoms. The maximum Gasteiger partial charge on any atom is 0.339 e. The van der Waals surface area contributed by atoms with Gasteiger partial charge in [-0.1, -0.05) is 34.8 Å². The van der Waals surface area contributed by atoms with Crippen molar-refractivity contribution in [2.45, 2.75) is 19.3 Å². The number of hydrogen-bond acceptors (Lipinski definition) is 4. The summed E-state index contributed by atoms with van der Waals surface area (Å²) < 4.78 is 5.33. The summed E-state index contributed by atoms with van der Waals surface area (Å²) in [6, 6.07) is 3.09. The first-order chi connectivity index (χ1) is 11.0. The van der Waals surface area contributed by atoms with Gasteiger partial charge in [0.25, 0.3) is 0 Å². The lowest BCUT2D eigenvalue weighted by Crippen LogP contribution is -2.15. The van der Waals surface area contributed by atoms with Crippen molar-refractivity contribution in [2.75, 3.05) is 5.43 Å². The molecule has 2 N–H and O–H groups in total. The summed E-state index contributed by atoms with van der Waals surface area (Å²) in [4.78, 5) is 11.3. The quantitative estimate of drug-likeness (QED) is 0.735. The van der Waals surface area contributed by atoms with Crippen molar-refractivity contribution in [1.82, 2.24) is 0 Å². The molecule has 1 aromatic heterocycles. The van der Waals surface area contributed by atoms with Crippen molar-refractivity contribution in [3.05, 3.63) is 50.4 Å². The number of aromatic carboxylic acids is 1. The molecule has 0 saturated heterocycles. The highest BCUT2D eigenvalue weighted by atomic mass is 35.5. The molecule has 0 amide bonds. The number of anilines is 1. The molecule has 0 bridgehead atoms. The summed E-state index contributed by atoms with van der Waals surface area (Å²) in [5.74, 6) is -0.422. The number of halogens is 3. The maximum atomic E-state index is 11.3. The average molecular weight is 374 g/mol. The van der Waals surface area contributed by atoms with Crippen LogP contribution in [0, 0.1) is 0 Å². The third kappa shape index (κ3) is 3.17. The summed E-state index contributed by atoms with van der Waals surface area (Å²) in [5.41, 5.74) is 4.45. The molecule has 0 fully saturated rings. The minimum atomic E-state index is -1.05. The highest BCUT2D eigenvalue weighted by molar-refractivity contribution is 6.41. The Kier molecular flexibility index (Phi) is 4.53. The smallest absolute Gasteiger partial charge is 0.339 e. The van der Waals surface area contributed by atoms with Crippen molar-refractivity contribution in [1.29, 1.82) is 0 Å². The summed E-state index contributed by atoms with van der Waals surface area (Å²) in [5, 5.41) is 14.6. The predicted octanol–water partition coefficient (Wildman–Crippen LogP) is 5.09. The normalized spacial score (nSPS) is 15.5. The molecule has 0 radical (unpaired) electrons. The van der Waals surface area contributed by atoms with Crippen LogP contribution in [0.4, 0.5) is 5.69 Å². The first-order valence-corrected chi connectivity index (χ1v) is 7.92. The number of carbonyl (C=O) groups is 1. The van der Waals surface area contributed by atoms with E-state index in [4.69, 9.17) is 39.2 Å². The number of carboxylic acids is 1. The van der Waals surface area contributed by atoms with E-state index in [1.807, 2.05) is 0 Å². The number of fused-ring (bicyclic) bond motifs is 1. The Morgan fingerprint density at radius 2 is 1.91 bits per heavy atom. The number of furan rings is 1. The van der Waals surface area contributed by atoms with E-state index in [-0.39, 0.29) is 5.56 Å². The fraction of sp³-hybridized carbons (Fsp3) is 0.200. The van der Waals surface area contributed by atoms with E-state index in [2.05, 4.69) is 10.5 Å². The van der Waals surface area contributed by atoms with Gasteiger partial charge in [0.1, 0.15) is 17.6 Å². The summed E-state index contributed by atoms with van der Waals surface area (Å²) in [6.07, 6.45) is 3.38. The van der Waals surface area contributed by atoms with E-state index in [1.165, 1.54) is 6.26 Å². The zero-order valence-electron chi connectivity index (χ0n) is 11.7. The van der Waals surface area contributed by atoms with Crippen LogP contribution < -0.4 is 5.43 Å². The number of carboxylic acid groups (broad SMARTS) is 1. The van der Waals surface area contributed by atoms with Gasteiger partial charge in [-0.15, -0.1) is 0 Å². The van der Waals surface area contributed by atoms with Gasteiger partial charge in [0.2, 0.25) is 0 Å². The van der Waals surface area contributed by atoms with Crippen LogP contribution in [-0.2, 0) is 6.42 Å². The van der Waals surface area contributed by atoms with Crippen molar-refractivity contribution >= 4 is 52.2 Å². The molecule has 2 aromatic rings. The van der Waals surface area contributed by atoms with E-state index in [0.717, 1.165) is 6.42 Å². The minimum Gasteiger partial charge on any atom is -0.478 e. The lowest BCUT2D eigenvalue weighted by molar-refractivity contribution is 0.0696. The Hall–Kier alpha value is -1.69. The van der Waals surface area contributed by atoms with Gasteiger partial charge in [0, 0.05) is 11.4 Å². The largest absolute Gasteiger partial charge is 0.478 e. The molecule has 3 rings (SSSR count). The molecule has 1 aromatic carbocycles. The van der Waals surface area contributed by atoms with Gasteiger partial charge >= 0.3 is 5.97 Å². The molecule has 23 heavy (non-hydrogen) atoms. The Morgan fingerprint density at radius 1 is 1.22 bits per heavy atom. The number of aryl methyl sites for hydroxylation is 1. The minimum absolute atomic E-state index is 0.105. The maximum absolute atomic E-state index is 11.3. The molecule has 8 heteroatoms. The van der Waals surface area contributed by atoms with Crippen LogP contribution in [0.5, 0.6) is 0 Å². The van der Waals surface area contributed by atoms with Crippen molar-refractivity contribution < 1.29 is 14.3 Å². The molecule has 120 valence electrons. The van der Waals surface area contributed by atoms with Crippen molar-refractivity contribution in [3.8, 4) is 0 Å². The van der Waals surface area contributed by atoms with Crippen LogP contribution in [0.2, 0.25) is 15.1 Å². The standard InChI is InChI=1S/C15H11Cl3N2O3/c16-7-4-9(17)14(10(18)5-7)20-19-11-2-1-3-12-13(11)8(6-23-12)15(21)22/h4-6,20H,1-3H2,(H,21,22)/b19-11-. The van der Waals surface area contributed by atoms with Crippen LogP contribution in [0.15, 0.2) is 27.9 Å². The molecule has 0 saturated carbocycles. The third-order valence-electron chi connectivity index (χ3n) is 3.51. The van der Waals surface area contributed by atoms with Gasteiger partial charge in [0.05, 0.1) is 27.0 Å². The van der Waals surface area contributed by atoms with Crippen LogP contribution in [-0.4, -0.2) is 16.8 Å². The second-order valence-corrected chi connectivity index (χ2v) is 6.27. The Balaban J connectivity index is 1.97. The topological polar surface area (TPSA) is 74.8 Å². The Bertz CT molecular complexity index is 791. The number of benzene rings is 1. The number of nitrogens with one attached hydrogen (secondary N) is 1. The molecule has 5 nitrogen and oxygen atoms in total. The molecule has 0 unspecified atom stereocenters. The molecule has 1 aliphatic rings. The highest BCUT2D eigenvalue weighted by Crippen LogP contribution is 2.34. The first-order valence-electron chi connectivity index (χ1n) is 6.78. The molecular weight excluding hydrogens is 363 g/mol. The van der Waals surface area contributed by atoms with E-state index in [1.54, 1.807) is 12.1 Å². The number of hydrazone groups is 1. The molecular formula is C15H11Cl3N2O3. The number of hydrogen-bond donors (Lipinski definition) is 2. The monoisotopic (exact) mass is 372 g/mol. The fourth-order valence-electron chi connectivity index (χ4n) is 2.48. The van der Waals surface area contributed by atoms with E-state index in [0.29, 0.717) is 50.6 Å². The van der Waals surface area contributed by atoms with E-state index >= 15 is 0 Å². The summed E-state index contributed by atoms with van der Waals surface area (Å²) >= 11 is 18.1. The Labute approximate surface area is 146 Å². The zero-order chi connectivity index (χ0) is 16.6. The van der Waals surface area contributed by atoms with Crippen LogP contribution in [0.25, 0.3) is 0 Å². The van der Waals surface area contributed by atoms with Crippen LogP contribution in [0.1, 0.15) is 34.5 Å². The predicted molar refractivity (Wildman–Crippen MR) is 90.2 cm³/mol. The molecule has 0 aliphatic heterocycles. The van der Waals surface area contributed by atoms with Crippen molar-refractivity contribution in [2.24, 2.45) is 5.10 Å². The van der Waals surface area contributed by atoms with E-state index in [9.17, 15) is 9.90 Å². The van der Waals surface area contributed by atoms with E-state index < -0.39 is 5.97 Å². The lowest BCUT2D eigenvalue weighted by atomic mass is 9.93. The molecule has 1 aliphatic carbocycles. The third-order valence-corrected chi connectivity index (χ3v) is 4.33. The highest BCUT2D eigenvalue weighted by Gasteiger charge is 2.26. The average Bonchev–Trinajstić information content (AvgIpc) is 2.91. The number of nitrogens with zero attached hydrogens (tertiary/aromatic N) is 1. The molecule has 0 atom stereocenters. The fourth-order valence-corrected chi connectivity index (χ4v) is 3.38. The van der Waals surface area contributed by atoms with Gasteiger partial charge in [-0.05, 0) is 25.0 Å². The lowest BCUT2D eigenvalue weighted by Gasteiger charge is -2.14. The second-order valence-electron chi connectivity index (χ2n) is 5.02. The SMILES string of the molecule is O=C(O)c1coc2c1/C(=N\Nc1c(Cl)cc(Cl)cc1Cl)CCC2. The van der Waals surface area contributed by atoms with Gasteiger partial charge in [-0.25, -0.2) is 4.79 Å². The van der Waals surface area contributed by atoms with Gasteiger partial charge in [-0.3, -0.25) is 5.43 Å². The summed E-state index contributed by atoms with van der Waals surface area (Å²) in [6.45, 7) is 0.